The SMILES string of the molecule is CCc1ccc(C(NC(=O)CN(C)S(=O)(=O)c2ccc(NC(C)=O)cc2)C(C)C)cc1. The molecular formula is C23H31N3O4S. The van der Waals surface area contributed by atoms with Crippen LogP contribution in [0.1, 0.15) is 44.9 Å². The highest BCUT2D eigenvalue weighted by Gasteiger charge is 2.25. The molecule has 0 radical (unpaired) electrons. The molecule has 0 aliphatic rings. The number of sulfonamides is 1. The van der Waals surface area contributed by atoms with Gasteiger partial charge in [-0.3, -0.25) is 9.59 Å². The van der Waals surface area contributed by atoms with E-state index in [4.69, 9.17) is 0 Å². The van der Waals surface area contributed by atoms with Crippen LogP contribution in [-0.2, 0) is 26.0 Å². The molecule has 1 atom stereocenters. The number of hydrogen-bond donors (Lipinski definition) is 2. The third-order valence-corrected chi connectivity index (χ3v) is 6.80. The van der Waals surface area contributed by atoms with E-state index in [1.165, 1.54) is 43.8 Å². The summed E-state index contributed by atoms with van der Waals surface area (Å²) >= 11 is 0. The number of likely N-dealkylation sites (N-methyl/N-ethyl adjacent to an activating group) is 1. The first-order chi connectivity index (χ1) is 14.5. The van der Waals surface area contributed by atoms with Gasteiger partial charge in [-0.15, -0.1) is 0 Å². The van der Waals surface area contributed by atoms with E-state index in [0.717, 1.165) is 16.3 Å². The number of benzene rings is 2. The molecule has 0 aromatic heterocycles. The van der Waals surface area contributed by atoms with Crippen molar-refractivity contribution in [1.82, 2.24) is 9.62 Å². The Balaban J connectivity index is 2.08. The number of aryl methyl sites for hydroxylation is 1. The van der Waals surface area contributed by atoms with E-state index in [1.807, 2.05) is 38.1 Å². The summed E-state index contributed by atoms with van der Waals surface area (Å²) in [5.74, 6) is -0.479. The standard InChI is InChI=1S/C23H31N3O4S/c1-6-18-7-9-19(10-8-18)23(16(2)3)25-22(28)15-26(5)31(29,30)21-13-11-20(12-14-21)24-17(4)27/h7-14,16,23H,6,15H2,1-5H3,(H,24,27)(H,25,28). The molecule has 7 nitrogen and oxygen atoms in total. The van der Waals surface area contributed by atoms with Gasteiger partial charge in [0.1, 0.15) is 0 Å². The Hall–Kier alpha value is -2.71. The van der Waals surface area contributed by atoms with E-state index in [2.05, 4.69) is 17.6 Å². The first kappa shape index (κ1) is 24.6. The van der Waals surface area contributed by atoms with E-state index >= 15 is 0 Å². The third-order valence-electron chi connectivity index (χ3n) is 4.98. The zero-order valence-corrected chi connectivity index (χ0v) is 19.5. The summed E-state index contributed by atoms with van der Waals surface area (Å²) in [6.07, 6.45) is 0.938. The number of rotatable bonds is 9. The number of anilines is 1. The summed E-state index contributed by atoms with van der Waals surface area (Å²) in [5.41, 5.74) is 2.70. The maximum absolute atomic E-state index is 12.8. The maximum atomic E-state index is 12.8. The van der Waals surface area contributed by atoms with Gasteiger partial charge in [-0.05, 0) is 47.7 Å². The largest absolute Gasteiger partial charge is 0.348 e. The molecule has 2 N–H and O–H groups in total. The highest BCUT2D eigenvalue weighted by molar-refractivity contribution is 7.89. The van der Waals surface area contributed by atoms with Crippen LogP contribution in [-0.4, -0.2) is 38.1 Å². The fourth-order valence-electron chi connectivity index (χ4n) is 3.20. The quantitative estimate of drug-likeness (QED) is 0.619. The molecule has 0 aliphatic carbocycles. The number of nitrogens with zero attached hydrogens (tertiary/aromatic N) is 1. The number of amides is 2. The predicted octanol–water partition coefficient (Wildman–Crippen LogP) is 3.34. The zero-order valence-electron chi connectivity index (χ0n) is 18.7. The average Bonchev–Trinajstić information content (AvgIpc) is 2.71. The van der Waals surface area contributed by atoms with E-state index < -0.39 is 10.0 Å². The summed E-state index contributed by atoms with van der Waals surface area (Å²) in [5, 5.41) is 5.55. The first-order valence-electron chi connectivity index (χ1n) is 10.3. The molecule has 0 saturated carbocycles. The molecule has 0 saturated heterocycles. The van der Waals surface area contributed by atoms with Gasteiger partial charge >= 0.3 is 0 Å². The Morgan fingerprint density at radius 1 is 1.00 bits per heavy atom. The van der Waals surface area contributed by atoms with Gasteiger partial charge in [-0.1, -0.05) is 45.0 Å². The molecule has 1 unspecified atom stereocenters. The smallest absolute Gasteiger partial charge is 0.243 e. The lowest BCUT2D eigenvalue weighted by Gasteiger charge is -2.25. The van der Waals surface area contributed by atoms with Crippen LogP contribution >= 0.6 is 0 Å². The Morgan fingerprint density at radius 3 is 2.06 bits per heavy atom. The lowest BCUT2D eigenvalue weighted by atomic mass is 9.95. The molecule has 0 fully saturated rings. The van der Waals surface area contributed by atoms with Gasteiger partial charge < -0.3 is 10.6 Å². The van der Waals surface area contributed by atoms with Gasteiger partial charge in [0.15, 0.2) is 0 Å². The van der Waals surface area contributed by atoms with Crippen molar-refractivity contribution in [3.63, 3.8) is 0 Å². The van der Waals surface area contributed by atoms with Crippen LogP contribution in [0.15, 0.2) is 53.4 Å². The highest BCUT2D eigenvalue weighted by atomic mass is 32.2. The molecule has 2 aromatic carbocycles. The van der Waals surface area contributed by atoms with Crippen molar-refractivity contribution >= 4 is 27.5 Å². The van der Waals surface area contributed by atoms with Crippen LogP contribution in [0.25, 0.3) is 0 Å². The molecule has 0 heterocycles. The van der Waals surface area contributed by atoms with Crippen molar-refractivity contribution < 1.29 is 18.0 Å². The number of carbonyl (C=O) groups excluding carboxylic acids is 2. The van der Waals surface area contributed by atoms with Gasteiger partial charge in [0.05, 0.1) is 17.5 Å². The second-order valence-electron chi connectivity index (χ2n) is 7.85. The molecule has 31 heavy (non-hydrogen) atoms. The lowest BCUT2D eigenvalue weighted by Crippen LogP contribution is -2.41. The molecular weight excluding hydrogens is 414 g/mol. The van der Waals surface area contributed by atoms with E-state index in [9.17, 15) is 18.0 Å². The summed E-state index contributed by atoms with van der Waals surface area (Å²) in [4.78, 5) is 23.8. The molecule has 8 heteroatoms. The number of nitrogens with one attached hydrogen (secondary N) is 2. The monoisotopic (exact) mass is 445 g/mol. The van der Waals surface area contributed by atoms with Crippen LogP contribution in [0.4, 0.5) is 5.69 Å². The Morgan fingerprint density at radius 2 is 1.58 bits per heavy atom. The summed E-state index contributed by atoms with van der Waals surface area (Å²) in [7, 11) is -2.48. The predicted molar refractivity (Wildman–Crippen MR) is 122 cm³/mol. The van der Waals surface area contributed by atoms with Crippen LogP contribution < -0.4 is 10.6 Å². The van der Waals surface area contributed by atoms with Crippen molar-refractivity contribution in [2.24, 2.45) is 5.92 Å². The Kier molecular flexibility index (Phi) is 8.36. The van der Waals surface area contributed by atoms with E-state index in [0.29, 0.717) is 5.69 Å². The second kappa shape index (κ2) is 10.5. The minimum Gasteiger partial charge on any atom is -0.348 e. The van der Waals surface area contributed by atoms with Gasteiger partial charge in [0.2, 0.25) is 21.8 Å². The topological polar surface area (TPSA) is 95.6 Å². The van der Waals surface area contributed by atoms with Crippen molar-refractivity contribution in [2.75, 3.05) is 18.9 Å². The summed E-state index contributed by atoms with van der Waals surface area (Å²) in [6, 6.07) is 13.7. The fourth-order valence-corrected chi connectivity index (χ4v) is 4.32. The van der Waals surface area contributed by atoms with Crippen molar-refractivity contribution in [3.05, 3.63) is 59.7 Å². The van der Waals surface area contributed by atoms with Crippen LogP contribution in [0.5, 0.6) is 0 Å². The third kappa shape index (κ3) is 6.63. The van der Waals surface area contributed by atoms with Gasteiger partial charge in [-0.25, -0.2) is 8.42 Å². The minimum absolute atomic E-state index is 0.0486. The molecule has 2 aromatic rings. The summed E-state index contributed by atoms with van der Waals surface area (Å²) in [6.45, 7) is 7.18. The van der Waals surface area contributed by atoms with Crippen LogP contribution in [0, 0.1) is 5.92 Å². The Bertz CT molecular complexity index is 1000. The Labute approximate surface area is 184 Å². The van der Waals surface area contributed by atoms with Crippen molar-refractivity contribution in [3.8, 4) is 0 Å². The van der Waals surface area contributed by atoms with Crippen molar-refractivity contribution in [2.45, 2.75) is 45.1 Å². The molecule has 0 spiro atoms. The lowest BCUT2D eigenvalue weighted by molar-refractivity contribution is -0.122. The molecule has 168 valence electrons. The average molecular weight is 446 g/mol. The number of hydrogen-bond acceptors (Lipinski definition) is 4. The van der Waals surface area contributed by atoms with E-state index in [1.54, 1.807) is 0 Å². The van der Waals surface area contributed by atoms with Gasteiger partial charge in [0, 0.05) is 19.7 Å². The molecule has 0 bridgehead atoms. The summed E-state index contributed by atoms with van der Waals surface area (Å²) < 4.78 is 26.7. The van der Waals surface area contributed by atoms with Gasteiger partial charge in [-0.2, -0.15) is 4.31 Å². The van der Waals surface area contributed by atoms with Gasteiger partial charge in [0.25, 0.3) is 0 Å². The maximum Gasteiger partial charge on any atom is 0.243 e. The van der Waals surface area contributed by atoms with Crippen LogP contribution in [0.2, 0.25) is 0 Å². The molecule has 2 amide bonds. The van der Waals surface area contributed by atoms with Crippen molar-refractivity contribution in [1.29, 1.82) is 0 Å². The molecule has 0 aliphatic heterocycles. The second-order valence-corrected chi connectivity index (χ2v) is 9.90. The zero-order chi connectivity index (χ0) is 23.2. The fraction of sp³-hybridized carbons (Fsp3) is 0.391. The number of carbonyl (C=O) groups is 2. The first-order valence-corrected chi connectivity index (χ1v) is 11.7. The highest BCUT2D eigenvalue weighted by Crippen LogP contribution is 2.23. The van der Waals surface area contributed by atoms with Crippen LogP contribution in [0.3, 0.4) is 0 Å². The minimum atomic E-state index is -3.85. The normalized spacial score (nSPS) is 12.6. The molecule has 2 rings (SSSR count). The van der Waals surface area contributed by atoms with E-state index in [-0.39, 0.29) is 35.2 Å².